The summed E-state index contributed by atoms with van der Waals surface area (Å²) < 4.78 is 0.884. The predicted molar refractivity (Wildman–Crippen MR) is 107 cm³/mol. The van der Waals surface area contributed by atoms with Crippen molar-refractivity contribution in [1.82, 2.24) is 0 Å². The summed E-state index contributed by atoms with van der Waals surface area (Å²) in [5.41, 5.74) is 7.99. The molecule has 0 radical (unpaired) electrons. The fourth-order valence-corrected chi connectivity index (χ4v) is 2.67. The monoisotopic (exact) mass is 409 g/mol. The molecule has 2 amide bonds. The van der Waals surface area contributed by atoms with Gasteiger partial charge in [0.1, 0.15) is 0 Å². The number of nitrogen functional groups attached to an aromatic ring is 1. The molecule has 0 aromatic heterocycles. The van der Waals surface area contributed by atoms with Gasteiger partial charge in [-0.2, -0.15) is 0 Å². The molecular weight excluding hydrogens is 394 g/mol. The zero-order chi connectivity index (χ0) is 18.5. The Labute approximate surface area is 159 Å². The van der Waals surface area contributed by atoms with Crippen LogP contribution in [-0.2, 0) is 9.59 Å². The molecule has 0 atom stereocenters. The highest BCUT2D eigenvalue weighted by Crippen LogP contribution is 2.26. The number of amides is 2. The number of carbonyl (C=O) groups is 2. The number of halogens is 1. The van der Waals surface area contributed by atoms with E-state index in [2.05, 4.69) is 21.2 Å². The Bertz CT molecular complexity index is 910. The van der Waals surface area contributed by atoms with Crippen LogP contribution in [0.5, 0.6) is 0 Å². The van der Waals surface area contributed by atoms with Crippen LogP contribution in [-0.4, -0.2) is 11.8 Å². The molecule has 0 spiro atoms. The number of rotatable bonds is 3. The second-order valence-corrected chi connectivity index (χ2v) is 6.44. The van der Waals surface area contributed by atoms with E-state index in [0.29, 0.717) is 22.7 Å². The van der Waals surface area contributed by atoms with E-state index in [-0.39, 0.29) is 0 Å². The Balaban J connectivity index is 1.90. The highest BCUT2D eigenvalue weighted by Gasteiger charge is 2.25. The summed E-state index contributed by atoms with van der Waals surface area (Å²) in [7, 11) is 0. The van der Waals surface area contributed by atoms with Crippen molar-refractivity contribution in [2.45, 2.75) is 0 Å². The van der Waals surface area contributed by atoms with Crippen LogP contribution in [0.3, 0.4) is 0 Å². The first kappa shape index (κ1) is 17.7. The Morgan fingerprint density at radius 1 is 0.808 bits per heavy atom. The number of nitrogens with two attached hydrogens (primary N) is 1. The number of anilines is 4. The number of hydrogen-bond donors (Lipinski definition) is 2. The maximum Gasteiger partial charge on any atom is 0.321 e. The maximum atomic E-state index is 12.9. The third kappa shape index (κ3) is 4.10. The van der Waals surface area contributed by atoms with E-state index in [9.17, 15) is 9.59 Å². The summed E-state index contributed by atoms with van der Waals surface area (Å²) in [5, 5.41) is 2.62. The summed E-state index contributed by atoms with van der Waals surface area (Å²) in [6.07, 6.45) is 0. The molecule has 0 aliphatic carbocycles. The molecule has 0 unspecified atom stereocenters. The minimum atomic E-state index is -0.729. The SMILES string of the molecule is Nc1ccc(N(C(=O)C(=O)Nc2ccc(Br)cc2)c2ccccc2)cc1. The summed E-state index contributed by atoms with van der Waals surface area (Å²) >= 11 is 3.33. The lowest BCUT2D eigenvalue weighted by Gasteiger charge is -2.22. The number of para-hydroxylation sites is 1. The van der Waals surface area contributed by atoms with Gasteiger partial charge in [0.15, 0.2) is 0 Å². The normalized spacial score (nSPS) is 10.2. The van der Waals surface area contributed by atoms with Gasteiger partial charge in [-0.1, -0.05) is 34.1 Å². The van der Waals surface area contributed by atoms with Crippen LogP contribution >= 0.6 is 15.9 Å². The fourth-order valence-electron chi connectivity index (χ4n) is 2.40. The van der Waals surface area contributed by atoms with Crippen LogP contribution in [0.1, 0.15) is 0 Å². The Hall–Kier alpha value is -3.12. The average Bonchev–Trinajstić information content (AvgIpc) is 2.66. The Kier molecular flexibility index (Phi) is 5.34. The van der Waals surface area contributed by atoms with Crippen molar-refractivity contribution < 1.29 is 9.59 Å². The number of nitrogens with zero attached hydrogens (tertiary/aromatic N) is 1. The number of carbonyl (C=O) groups excluding carboxylic acids is 2. The second kappa shape index (κ2) is 7.84. The average molecular weight is 410 g/mol. The molecule has 3 N–H and O–H groups in total. The van der Waals surface area contributed by atoms with Gasteiger partial charge in [0.25, 0.3) is 0 Å². The maximum absolute atomic E-state index is 12.9. The van der Waals surface area contributed by atoms with E-state index < -0.39 is 11.8 Å². The van der Waals surface area contributed by atoms with Gasteiger partial charge in [-0.05, 0) is 60.7 Å². The Morgan fingerprint density at radius 2 is 1.38 bits per heavy atom. The van der Waals surface area contributed by atoms with Crippen LogP contribution in [0.15, 0.2) is 83.3 Å². The fraction of sp³-hybridized carbons (Fsp3) is 0. The molecule has 0 heterocycles. The molecule has 0 aliphatic rings. The molecule has 26 heavy (non-hydrogen) atoms. The Morgan fingerprint density at radius 3 is 2.00 bits per heavy atom. The van der Waals surface area contributed by atoms with Gasteiger partial charge in [-0.15, -0.1) is 0 Å². The van der Waals surface area contributed by atoms with Gasteiger partial charge in [0.05, 0.1) is 0 Å². The zero-order valence-corrected chi connectivity index (χ0v) is 15.3. The second-order valence-electron chi connectivity index (χ2n) is 5.53. The quantitative estimate of drug-likeness (QED) is 0.499. The van der Waals surface area contributed by atoms with Crippen LogP contribution < -0.4 is 16.0 Å². The molecule has 3 aromatic carbocycles. The number of hydrogen-bond acceptors (Lipinski definition) is 3. The smallest absolute Gasteiger partial charge is 0.321 e. The van der Waals surface area contributed by atoms with Gasteiger partial charge in [-0.3, -0.25) is 14.5 Å². The third-order valence-corrected chi connectivity index (χ3v) is 4.19. The van der Waals surface area contributed by atoms with Crippen LogP contribution in [0, 0.1) is 0 Å². The van der Waals surface area contributed by atoms with Gasteiger partial charge in [-0.25, -0.2) is 0 Å². The third-order valence-electron chi connectivity index (χ3n) is 3.67. The predicted octanol–water partition coefficient (Wildman–Crippen LogP) is 4.33. The van der Waals surface area contributed by atoms with E-state index in [0.717, 1.165) is 4.47 Å². The molecule has 3 aromatic rings. The lowest BCUT2D eigenvalue weighted by atomic mass is 10.2. The molecule has 5 nitrogen and oxygen atoms in total. The van der Waals surface area contributed by atoms with E-state index >= 15 is 0 Å². The van der Waals surface area contributed by atoms with E-state index in [4.69, 9.17) is 5.73 Å². The molecule has 6 heteroatoms. The van der Waals surface area contributed by atoms with Crippen LogP contribution in [0.2, 0.25) is 0 Å². The van der Waals surface area contributed by atoms with Crippen molar-refractivity contribution in [3.8, 4) is 0 Å². The molecule has 0 saturated heterocycles. The largest absolute Gasteiger partial charge is 0.399 e. The van der Waals surface area contributed by atoms with Crippen molar-refractivity contribution >= 4 is 50.5 Å². The molecule has 0 fully saturated rings. The van der Waals surface area contributed by atoms with Crippen molar-refractivity contribution in [2.75, 3.05) is 16.0 Å². The first-order chi connectivity index (χ1) is 12.5. The number of nitrogens with one attached hydrogen (secondary N) is 1. The highest BCUT2D eigenvalue weighted by atomic mass is 79.9. The summed E-state index contributed by atoms with van der Waals surface area (Å²) in [6.45, 7) is 0. The van der Waals surface area contributed by atoms with Gasteiger partial charge in [0, 0.05) is 27.2 Å². The number of benzene rings is 3. The molecule has 130 valence electrons. The van der Waals surface area contributed by atoms with Gasteiger partial charge >= 0.3 is 11.8 Å². The topological polar surface area (TPSA) is 75.4 Å². The minimum absolute atomic E-state index is 0.539. The molecule has 0 saturated carbocycles. The van der Waals surface area contributed by atoms with Crippen molar-refractivity contribution in [1.29, 1.82) is 0 Å². The molecule has 0 aliphatic heterocycles. The summed E-state index contributed by atoms with van der Waals surface area (Å²) in [5.74, 6) is -1.42. The van der Waals surface area contributed by atoms with Crippen molar-refractivity contribution in [3.63, 3.8) is 0 Å². The molecular formula is C20H16BrN3O2. The standard InChI is InChI=1S/C20H16BrN3O2/c21-14-6-10-16(11-7-14)23-19(25)20(26)24(17-4-2-1-3-5-17)18-12-8-15(22)9-13-18/h1-13H,22H2,(H,23,25). The highest BCUT2D eigenvalue weighted by molar-refractivity contribution is 9.10. The summed E-state index contributed by atoms with van der Waals surface area (Å²) in [4.78, 5) is 26.7. The van der Waals surface area contributed by atoms with Gasteiger partial charge in [0.2, 0.25) is 0 Å². The lowest BCUT2D eigenvalue weighted by Crippen LogP contribution is -2.36. The van der Waals surface area contributed by atoms with E-state index in [1.165, 1.54) is 4.90 Å². The van der Waals surface area contributed by atoms with E-state index in [1.807, 2.05) is 6.07 Å². The summed E-state index contributed by atoms with van der Waals surface area (Å²) in [6, 6.07) is 22.8. The molecule has 0 bridgehead atoms. The van der Waals surface area contributed by atoms with Crippen molar-refractivity contribution in [3.05, 3.63) is 83.3 Å². The lowest BCUT2D eigenvalue weighted by molar-refractivity contribution is -0.134. The minimum Gasteiger partial charge on any atom is -0.399 e. The first-order valence-electron chi connectivity index (χ1n) is 7.86. The van der Waals surface area contributed by atoms with E-state index in [1.54, 1.807) is 72.8 Å². The first-order valence-corrected chi connectivity index (χ1v) is 8.65. The van der Waals surface area contributed by atoms with Gasteiger partial charge < -0.3 is 11.1 Å². The van der Waals surface area contributed by atoms with Crippen molar-refractivity contribution in [2.24, 2.45) is 0 Å². The molecule has 3 rings (SSSR count). The van der Waals surface area contributed by atoms with Crippen LogP contribution in [0.25, 0.3) is 0 Å². The zero-order valence-electron chi connectivity index (χ0n) is 13.7. The van der Waals surface area contributed by atoms with Crippen LogP contribution in [0.4, 0.5) is 22.7 Å².